The van der Waals surface area contributed by atoms with Crippen molar-refractivity contribution in [3.63, 3.8) is 0 Å². The van der Waals surface area contributed by atoms with Crippen LogP contribution in [-0.2, 0) is 0 Å². The minimum absolute atomic E-state index is 0.109. The van der Waals surface area contributed by atoms with E-state index in [1.165, 1.54) is 11.0 Å². The number of anilines is 1. The number of carboxylic acids is 1. The van der Waals surface area contributed by atoms with Gasteiger partial charge in [-0.1, -0.05) is 29.8 Å². The van der Waals surface area contributed by atoms with Gasteiger partial charge in [0, 0.05) is 12.6 Å². The van der Waals surface area contributed by atoms with Gasteiger partial charge in [0.05, 0.1) is 11.3 Å². The first-order valence-electron chi connectivity index (χ1n) is 6.59. The van der Waals surface area contributed by atoms with Crippen molar-refractivity contribution in [1.82, 2.24) is 0 Å². The summed E-state index contributed by atoms with van der Waals surface area (Å²) in [5.74, 6) is -1.27. The van der Waals surface area contributed by atoms with Crippen molar-refractivity contribution in [3.8, 4) is 0 Å². The molecule has 0 atom stereocenters. The first-order valence-corrected chi connectivity index (χ1v) is 6.59. The van der Waals surface area contributed by atoms with Crippen molar-refractivity contribution in [1.29, 1.82) is 0 Å². The number of hydrogen-bond acceptors (Lipinski definition) is 2. The van der Waals surface area contributed by atoms with Gasteiger partial charge in [-0.25, -0.2) is 4.79 Å². The predicted octanol–water partition coefficient (Wildman–Crippen LogP) is 3.28. The molecule has 0 unspecified atom stereocenters. The van der Waals surface area contributed by atoms with Gasteiger partial charge >= 0.3 is 5.97 Å². The normalized spacial score (nSPS) is 10.2. The van der Waals surface area contributed by atoms with Crippen LogP contribution in [-0.4, -0.2) is 24.0 Å². The molecular weight excluding hydrogens is 266 g/mol. The summed E-state index contributed by atoms with van der Waals surface area (Å²) in [7, 11) is 1.59. The first-order chi connectivity index (χ1) is 9.91. The molecule has 21 heavy (non-hydrogen) atoms. The summed E-state index contributed by atoms with van der Waals surface area (Å²) in [4.78, 5) is 25.2. The van der Waals surface area contributed by atoms with E-state index < -0.39 is 5.97 Å². The molecule has 0 bridgehead atoms. The van der Waals surface area contributed by atoms with E-state index in [0.717, 1.165) is 11.1 Å². The topological polar surface area (TPSA) is 57.6 Å². The minimum Gasteiger partial charge on any atom is -0.478 e. The van der Waals surface area contributed by atoms with Gasteiger partial charge < -0.3 is 10.0 Å². The van der Waals surface area contributed by atoms with Crippen LogP contribution in [0.25, 0.3) is 0 Å². The number of benzene rings is 2. The Morgan fingerprint density at radius 2 is 1.67 bits per heavy atom. The summed E-state index contributed by atoms with van der Waals surface area (Å²) in [5.41, 5.74) is 3.02. The molecule has 2 aromatic rings. The minimum atomic E-state index is -1.05. The van der Waals surface area contributed by atoms with Crippen molar-refractivity contribution < 1.29 is 14.7 Å². The molecule has 2 rings (SSSR count). The summed E-state index contributed by atoms with van der Waals surface area (Å²) >= 11 is 0. The van der Waals surface area contributed by atoms with E-state index >= 15 is 0 Å². The van der Waals surface area contributed by atoms with E-state index in [-0.39, 0.29) is 11.5 Å². The summed E-state index contributed by atoms with van der Waals surface area (Å²) in [6.07, 6.45) is 0. The number of carbonyl (C=O) groups excluding carboxylic acids is 1. The Kier molecular flexibility index (Phi) is 4.08. The Morgan fingerprint density at radius 3 is 2.29 bits per heavy atom. The third-order valence-corrected chi connectivity index (χ3v) is 3.41. The molecule has 1 amide bonds. The number of aryl methyl sites for hydroxylation is 2. The lowest BCUT2D eigenvalue weighted by atomic mass is 10.0. The monoisotopic (exact) mass is 283 g/mol. The van der Waals surface area contributed by atoms with Gasteiger partial charge in [-0.15, -0.1) is 0 Å². The first kappa shape index (κ1) is 14.8. The number of hydrogen-bond donors (Lipinski definition) is 1. The number of nitrogens with zero attached hydrogens (tertiary/aromatic N) is 1. The van der Waals surface area contributed by atoms with E-state index in [0.29, 0.717) is 11.3 Å². The van der Waals surface area contributed by atoms with Crippen LogP contribution in [0.1, 0.15) is 31.8 Å². The lowest BCUT2D eigenvalue weighted by Gasteiger charge is -2.20. The molecule has 4 heteroatoms. The number of aromatic carboxylic acids is 1. The third-order valence-electron chi connectivity index (χ3n) is 3.41. The largest absolute Gasteiger partial charge is 0.478 e. The molecular formula is C17H17NO3. The summed E-state index contributed by atoms with van der Waals surface area (Å²) in [6, 6.07) is 12.1. The van der Waals surface area contributed by atoms with Gasteiger partial charge in [0.1, 0.15) is 0 Å². The second-order valence-electron chi connectivity index (χ2n) is 5.00. The Balaban J connectivity index is 2.42. The maximum absolute atomic E-state index is 12.6. The molecule has 0 aliphatic rings. The fourth-order valence-electron chi connectivity index (χ4n) is 2.29. The Bertz CT molecular complexity index is 707. The quantitative estimate of drug-likeness (QED) is 0.940. The average molecular weight is 283 g/mol. The molecule has 0 spiro atoms. The van der Waals surface area contributed by atoms with E-state index in [2.05, 4.69) is 0 Å². The van der Waals surface area contributed by atoms with Crippen LogP contribution in [0, 0.1) is 13.8 Å². The maximum atomic E-state index is 12.6. The van der Waals surface area contributed by atoms with Crippen molar-refractivity contribution in [2.24, 2.45) is 0 Å². The molecule has 0 fully saturated rings. The number of carboxylic acid groups (broad SMARTS) is 1. The van der Waals surface area contributed by atoms with E-state index in [1.54, 1.807) is 31.3 Å². The number of carbonyl (C=O) groups is 2. The molecule has 0 radical (unpaired) electrons. The van der Waals surface area contributed by atoms with Gasteiger partial charge in [0.15, 0.2) is 0 Å². The van der Waals surface area contributed by atoms with Crippen molar-refractivity contribution in [3.05, 3.63) is 64.7 Å². The zero-order valence-electron chi connectivity index (χ0n) is 12.3. The molecule has 4 nitrogen and oxygen atoms in total. The van der Waals surface area contributed by atoms with E-state index in [9.17, 15) is 14.7 Å². The van der Waals surface area contributed by atoms with Crippen LogP contribution in [0.4, 0.5) is 5.69 Å². The second kappa shape index (κ2) is 5.79. The van der Waals surface area contributed by atoms with Crippen molar-refractivity contribution >= 4 is 17.6 Å². The highest BCUT2D eigenvalue weighted by molar-refractivity contribution is 6.09. The summed E-state index contributed by atoms with van der Waals surface area (Å²) in [5, 5.41) is 9.22. The molecule has 0 saturated carbocycles. The van der Waals surface area contributed by atoms with Crippen LogP contribution in [0.15, 0.2) is 42.5 Å². The molecule has 1 N–H and O–H groups in total. The van der Waals surface area contributed by atoms with Crippen LogP contribution in [0.3, 0.4) is 0 Å². The average Bonchev–Trinajstić information content (AvgIpc) is 2.45. The van der Waals surface area contributed by atoms with Crippen molar-refractivity contribution in [2.75, 3.05) is 11.9 Å². The van der Waals surface area contributed by atoms with E-state index in [4.69, 9.17) is 0 Å². The lowest BCUT2D eigenvalue weighted by molar-refractivity contribution is 0.0697. The van der Waals surface area contributed by atoms with Crippen LogP contribution in [0.2, 0.25) is 0 Å². The Morgan fingerprint density at radius 1 is 1.00 bits per heavy atom. The predicted molar refractivity (Wildman–Crippen MR) is 82.1 cm³/mol. The molecule has 0 saturated heterocycles. The zero-order valence-corrected chi connectivity index (χ0v) is 12.3. The highest BCUT2D eigenvalue weighted by Gasteiger charge is 2.20. The van der Waals surface area contributed by atoms with Crippen LogP contribution >= 0.6 is 0 Å². The number of para-hydroxylation sites is 1. The Hall–Kier alpha value is -2.62. The fraction of sp³-hybridized carbons (Fsp3) is 0.176. The van der Waals surface area contributed by atoms with E-state index in [1.807, 2.05) is 26.0 Å². The van der Waals surface area contributed by atoms with Gasteiger partial charge in [-0.05, 0) is 37.6 Å². The summed E-state index contributed by atoms with van der Waals surface area (Å²) in [6.45, 7) is 3.84. The lowest BCUT2D eigenvalue weighted by Crippen LogP contribution is -2.28. The molecule has 0 heterocycles. The summed E-state index contributed by atoms with van der Waals surface area (Å²) < 4.78 is 0. The number of rotatable bonds is 3. The van der Waals surface area contributed by atoms with Crippen molar-refractivity contribution in [2.45, 2.75) is 13.8 Å². The smallest absolute Gasteiger partial charge is 0.337 e. The molecule has 2 aromatic carbocycles. The molecule has 0 aromatic heterocycles. The van der Waals surface area contributed by atoms with Crippen LogP contribution < -0.4 is 4.90 Å². The van der Waals surface area contributed by atoms with Gasteiger partial charge in [0.2, 0.25) is 0 Å². The second-order valence-corrected chi connectivity index (χ2v) is 5.00. The third kappa shape index (κ3) is 2.94. The van der Waals surface area contributed by atoms with Gasteiger partial charge in [-0.2, -0.15) is 0 Å². The Labute approximate surface area is 123 Å². The molecule has 0 aliphatic heterocycles. The standard InChI is InChI=1S/C17H17NO3/c1-11-8-9-13(12(2)10-11)16(19)18(3)15-7-5-4-6-14(15)17(20)21/h4-10H,1-3H3,(H,20,21). The van der Waals surface area contributed by atoms with Gasteiger partial charge in [-0.3, -0.25) is 4.79 Å². The molecule has 108 valence electrons. The van der Waals surface area contributed by atoms with Gasteiger partial charge in [0.25, 0.3) is 5.91 Å². The maximum Gasteiger partial charge on any atom is 0.337 e. The highest BCUT2D eigenvalue weighted by Crippen LogP contribution is 2.22. The highest BCUT2D eigenvalue weighted by atomic mass is 16.4. The number of amides is 1. The fourth-order valence-corrected chi connectivity index (χ4v) is 2.29. The SMILES string of the molecule is Cc1ccc(C(=O)N(C)c2ccccc2C(=O)O)c(C)c1. The zero-order chi connectivity index (χ0) is 15.6. The molecule has 0 aliphatic carbocycles. The van der Waals surface area contributed by atoms with Crippen LogP contribution in [0.5, 0.6) is 0 Å².